The topological polar surface area (TPSA) is 66.8 Å². The zero-order valence-electron chi connectivity index (χ0n) is 20.2. The zero-order chi connectivity index (χ0) is 25.8. The average molecular weight is 618 g/mol. The van der Waals surface area contributed by atoms with Crippen LogP contribution >= 0.6 is 34.2 Å². The van der Waals surface area contributed by atoms with Crippen LogP contribution in [0.3, 0.4) is 0 Å². The van der Waals surface area contributed by atoms with E-state index in [1.165, 1.54) is 0 Å². The van der Waals surface area contributed by atoms with Gasteiger partial charge in [-0.25, -0.2) is 4.79 Å². The van der Waals surface area contributed by atoms with Gasteiger partial charge in [-0.3, -0.25) is 4.79 Å². The van der Waals surface area contributed by atoms with Crippen molar-refractivity contribution in [3.63, 3.8) is 0 Å². The van der Waals surface area contributed by atoms with E-state index >= 15 is 0 Å². The molecule has 0 radical (unpaired) electrons. The Bertz CT molecular complexity index is 1200. The second kappa shape index (κ2) is 11.8. The Labute approximate surface area is 230 Å². The molecule has 188 valence electrons. The molecular weight excluding hydrogens is 589 g/mol. The van der Waals surface area contributed by atoms with Crippen LogP contribution in [0.5, 0.6) is 0 Å². The lowest BCUT2D eigenvalue weighted by atomic mass is 9.88. The van der Waals surface area contributed by atoms with Gasteiger partial charge in [-0.2, -0.15) is 0 Å². The Morgan fingerprint density at radius 2 is 1.64 bits per heavy atom. The van der Waals surface area contributed by atoms with Crippen LogP contribution in [0.1, 0.15) is 54.2 Å². The first-order valence-corrected chi connectivity index (χ1v) is 13.5. The molecule has 1 saturated heterocycles. The van der Waals surface area contributed by atoms with Gasteiger partial charge in [0.15, 0.2) is 0 Å². The Kier molecular flexibility index (Phi) is 8.70. The first-order chi connectivity index (χ1) is 17.3. The van der Waals surface area contributed by atoms with E-state index in [-0.39, 0.29) is 5.91 Å². The highest BCUT2D eigenvalue weighted by Crippen LogP contribution is 2.44. The summed E-state index contributed by atoms with van der Waals surface area (Å²) in [6.45, 7) is 3.93. The number of carboxylic acid groups (broad SMARTS) is 1. The number of hydrogen-bond donors (Lipinski definition) is 1. The summed E-state index contributed by atoms with van der Waals surface area (Å²) in [6.07, 6.45) is -0.0284. The third-order valence-corrected chi connectivity index (χ3v) is 7.53. The molecule has 0 bridgehead atoms. The van der Waals surface area contributed by atoms with Crippen LogP contribution in [0, 0.1) is 10.5 Å². The number of amides is 1. The summed E-state index contributed by atoms with van der Waals surface area (Å²) in [6, 6.07) is 21.6. The highest BCUT2D eigenvalue weighted by atomic mass is 127. The molecule has 5 nitrogen and oxygen atoms in total. The molecule has 0 unspecified atom stereocenters. The molecular formula is C29H29ClINO4. The minimum absolute atomic E-state index is 0.301. The first kappa shape index (κ1) is 26.6. The molecule has 1 aliphatic heterocycles. The van der Waals surface area contributed by atoms with Gasteiger partial charge >= 0.3 is 5.97 Å². The number of ether oxygens (including phenoxy) is 1. The van der Waals surface area contributed by atoms with E-state index in [1.807, 2.05) is 74.5 Å². The fourth-order valence-electron chi connectivity index (χ4n) is 4.74. The van der Waals surface area contributed by atoms with Crippen molar-refractivity contribution >= 4 is 46.1 Å². The average Bonchev–Trinajstić information content (AvgIpc) is 2.86. The molecule has 4 rings (SSSR count). The van der Waals surface area contributed by atoms with Gasteiger partial charge in [0.1, 0.15) is 18.2 Å². The lowest BCUT2D eigenvalue weighted by Crippen LogP contribution is -2.57. The zero-order valence-corrected chi connectivity index (χ0v) is 23.1. The molecule has 7 heteroatoms. The van der Waals surface area contributed by atoms with Gasteiger partial charge in [0.25, 0.3) is 5.91 Å². The van der Waals surface area contributed by atoms with Crippen molar-refractivity contribution in [2.75, 3.05) is 0 Å². The van der Waals surface area contributed by atoms with Crippen molar-refractivity contribution in [3.05, 3.63) is 104 Å². The summed E-state index contributed by atoms with van der Waals surface area (Å²) in [5, 5.41) is 10.8. The second-order valence-corrected chi connectivity index (χ2v) is 10.9. The maximum absolute atomic E-state index is 14.0. The van der Waals surface area contributed by atoms with Crippen molar-refractivity contribution in [1.29, 1.82) is 0 Å². The fraction of sp³-hybridized carbons (Fsp3) is 0.310. The summed E-state index contributed by atoms with van der Waals surface area (Å²) in [5.74, 6) is -1.31. The smallest absolute Gasteiger partial charge is 0.326 e. The van der Waals surface area contributed by atoms with Gasteiger partial charge in [-0.05, 0) is 76.9 Å². The van der Waals surface area contributed by atoms with Crippen LogP contribution in [0.2, 0.25) is 5.02 Å². The molecule has 1 amide bonds. The van der Waals surface area contributed by atoms with Crippen molar-refractivity contribution in [3.8, 4) is 0 Å². The molecule has 1 aliphatic rings. The molecule has 1 fully saturated rings. The Morgan fingerprint density at radius 1 is 1.03 bits per heavy atom. The number of aryl methyl sites for hydroxylation is 1. The molecule has 36 heavy (non-hydrogen) atoms. The number of rotatable bonds is 8. The third-order valence-electron chi connectivity index (χ3n) is 6.56. The van der Waals surface area contributed by atoms with Crippen molar-refractivity contribution in [2.45, 2.75) is 57.4 Å². The minimum Gasteiger partial charge on any atom is -0.480 e. The third kappa shape index (κ3) is 5.93. The maximum atomic E-state index is 14.0. The SMILES string of the molecule is CCC[C@H](C(=O)O)N1C(=O)[C@H](Cc2ccc(I)cc2)O[C@@H](c2ccc(Cl)cc2)[C@H]1c1ccc(C)cc1. The van der Waals surface area contributed by atoms with Gasteiger partial charge in [-0.1, -0.05) is 79.0 Å². The van der Waals surface area contributed by atoms with Gasteiger partial charge in [-0.15, -0.1) is 0 Å². The number of hydrogen-bond acceptors (Lipinski definition) is 3. The second-order valence-electron chi connectivity index (χ2n) is 9.17. The lowest BCUT2D eigenvalue weighted by molar-refractivity contribution is -0.184. The number of carboxylic acids is 1. The van der Waals surface area contributed by atoms with Crippen molar-refractivity contribution in [2.24, 2.45) is 0 Å². The largest absolute Gasteiger partial charge is 0.480 e. The molecule has 1 N–H and O–H groups in total. The molecule has 0 spiro atoms. The van der Waals surface area contributed by atoms with E-state index in [0.717, 1.165) is 25.8 Å². The van der Waals surface area contributed by atoms with Crippen molar-refractivity contribution < 1.29 is 19.4 Å². The summed E-state index contributed by atoms with van der Waals surface area (Å²) >= 11 is 8.41. The minimum atomic E-state index is -1.01. The quantitative estimate of drug-likeness (QED) is 0.284. The summed E-state index contributed by atoms with van der Waals surface area (Å²) in [7, 11) is 0. The molecule has 1 heterocycles. The number of carbonyl (C=O) groups excluding carboxylic acids is 1. The van der Waals surface area contributed by atoms with Gasteiger partial charge < -0.3 is 14.7 Å². The number of benzene rings is 3. The summed E-state index contributed by atoms with van der Waals surface area (Å²) in [5.41, 5.74) is 3.72. The van der Waals surface area contributed by atoms with Crippen LogP contribution in [0.15, 0.2) is 72.8 Å². The Hall–Kier alpha value is -2.42. The van der Waals surface area contributed by atoms with Crippen LogP contribution < -0.4 is 0 Å². The van der Waals surface area contributed by atoms with E-state index < -0.39 is 30.3 Å². The number of carbonyl (C=O) groups is 2. The van der Waals surface area contributed by atoms with Gasteiger partial charge in [0.2, 0.25) is 0 Å². The van der Waals surface area contributed by atoms with Crippen molar-refractivity contribution in [1.82, 2.24) is 4.90 Å². The predicted molar refractivity (Wildman–Crippen MR) is 149 cm³/mol. The summed E-state index contributed by atoms with van der Waals surface area (Å²) in [4.78, 5) is 28.1. The molecule has 0 aliphatic carbocycles. The standard InChI is InChI=1S/C29H29ClINO4/c1-3-4-24(29(34)35)32-26(20-9-5-18(2)6-10-20)27(21-11-13-22(30)14-12-21)36-25(28(32)33)17-19-7-15-23(31)16-8-19/h5-16,24-27H,3-4,17H2,1-2H3,(H,34,35)/t24-,25+,26-,27+/m1/s1. The molecule has 4 atom stereocenters. The van der Waals surface area contributed by atoms with E-state index in [1.54, 1.807) is 17.0 Å². The first-order valence-electron chi connectivity index (χ1n) is 12.1. The molecule has 3 aromatic carbocycles. The number of nitrogens with zero attached hydrogens (tertiary/aromatic N) is 1. The van der Waals surface area contributed by atoms with E-state index in [2.05, 4.69) is 22.6 Å². The normalized spacial score (nSPS) is 20.8. The summed E-state index contributed by atoms with van der Waals surface area (Å²) < 4.78 is 7.66. The molecule has 0 aromatic heterocycles. The van der Waals surface area contributed by atoms with Crippen LogP contribution in [-0.4, -0.2) is 34.0 Å². The number of morpholine rings is 1. The fourth-order valence-corrected chi connectivity index (χ4v) is 5.23. The molecule has 3 aromatic rings. The predicted octanol–water partition coefficient (Wildman–Crippen LogP) is 6.76. The lowest BCUT2D eigenvalue weighted by Gasteiger charge is -2.47. The number of aliphatic carboxylic acids is 1. The van der Waals surface area contributed by atoms with E-state index in [0.29, 0.717) is 24.3 Å². The van der Waals surface area contributed by atoms with Crippen LogP contribution in [0.4, 0.5) is 0 Å². The Balaban J connectivity index is 1.84. The van der Waals surface area contributed by atoms with E-state index in [4.69, 9.17) is 16.3 Å². The van der Waals surface area contributed by atoms with E-state index in [9.17, 15) is 14.7 Å². The highest BCUT2D eigenvalue weighted by Gasteiger charge is 2.48. The highest BCUT2D eigenvalue weighted by molar-refractivity contribution is 14.1. The van der Waals surface area contributed by atoms with Crippen LogP contribution in [-0.2, 0) is 20.7 Å². The monoisotopic (exact) mass is 617 g/mol. The molecule has 0 saturated carbocycles. The Morgan fingerprint density at radius 3 is 2.22 bits per heavy atom. The van der Waals surface area contributed by atoms with Gasteiger partial charge in [0, 0.05) is 15.0 Å². The van der Waals surface area contributed by atoms with Gasteiger partial charge in [0.05, 0.1) is 6.04 Å². The van der Waals surface area contributed by atoms with Crippen LogP contribution in [0.25, 0.3) is 0 Å². The number of halogens is 2. The maximum Gasteiger partial charge on any atom is 0.326 e.